The molecule has 4 heteroatoms. The van der Waals surface area contributed by atoms with Gasteiger partial charge in [0.15, 0.2) is 0 Å². The SMILES string of the molecule is OCCOc1ccc(CNCc2ccc(F)cc2)cc1. The van der Waals surface area contributed by atoms with Crippen molar-refractivity contribution >= 4 is 0 Å². The lowest BCUT2D eigenvalue weighted by molar-refractivity contribution is 0.201. The van der Waals surface area contributed by atoms with E-state index >= 15 is 0 Å². The van der Waals surface area contributed by atoms with E-state index in [4.69, 9.17) is 9.84 Å². The maximum Gasteiger partial charge on any atom is 0.123 e. The third-order valence-corrected chi connectivity index (χ3v) is 2.85. The van der Waals surface area contributed by atoms with Crippen molar-refractivity contribution in [3.63, 3.8) is 0 Å². The van der Waals surface area contributed by atoms with Crippen LogP contribution in [0.2, 0.25) is 0 Å². The highest BCUT2D eigenvalue weighted by molar-refractivity contribution is 5.27. The van der Waals surface area contributed by atoms with E-state index in [0.717, 1.165) is 23.4 Å². The zero-order valence-corrected chi connectivity index (χ0v) is 11.2. The molecule has 0 unspecified atom stereocenters. The molecule has 0 bridgehead atoms. The average molecular weight is 275 g/mol. The molecule has 2 aromatic rings. The highest BCUT2D eigenvalue weighted by Gasteiger charge is 1.97. The zero-order chi connectivity index (χ0) is 14.2. The Kier molecular flexibility index (Phi) is 5.53. The van der Waals surface area contributed by atoms with Crippen molar-refractivity contribution in [1.82, 2.24) is 5.32 Å². The average Bonchev–Trinajstić information content (AvgIpc) is 2.48. The molecule has 2 aromatic carbocycles. The summed E-state index contributed by atoms with van der Waals surface area (Å²) in [5.41, 5.74) is 2.19. The number of ether oxygens (including phenoxy) is 1. The van der Waals surface area contributed by atoms with Crippen LogP contribution in [-0.4, -0.2) is 18.3 Å². The maximum atomic E-state index is 12.8. The van der Waals surface area contributed by atoms with Gasteiger partial charge >= 0.3 is 0 Å². The summed E-state index contributed by atoms with van der Waals surface area (Å²) in [4.78, 5) is 0. The lowest BCUT2D eigenvalue weighted by atomic mass is 10.2. The Balaban J connectivity index is 1.77. The van der Waals surface area contributed by atoms with Crippen molar-refractivity contribution in [3.05, 3.63) is 65.5 Å². The van der Waals surface area contributed by atoms with Crippen molar-refractivity contribution < 1.29 is 14.2 Å². The Labute approximate surface area is 118 Å². The first kappa shape index (κ1) is 14.5. The fourth-order valence-electron chi connectivity index (χ4n) is 1.82. The lowest BCUT2D eigenvalue weighted by Gasteiger charge is -2.07. The number of halogens is 1. The monoisotopic (exact) mass is 275 g/mol. The number of hydrogen-bond donors (Lipinski definition) is 2. The van der Waals surface area contributed by atoms with E-state index in [-0.39, 0.29) is 12.4 Å². The number of nitrogens with one attached hydrogen (secondary N) is 1. The molecule has 2 N–H and O–H groups in total. The van der Waals surface area contributed by atoms with Gasteiger partial charge in [-0.05, 0) is 35.4 Å². The second-order valence-electron chi connectivity index (χ2n) is 4.45. The molecule has 20 heavy (non-hydrogen) atoms. The number of rotatable bonds is 7. The number of hydrogen-bond acceptors (Lipinski definition) is 3. The molecule has 0 amide bonds. The molecular weight excluding hydrogens is 257 g/mol. The fourth-order valence-corrected chi connectivity index (χ4v) is 1.82. The summed E-state index contributed by atoms with van der Waals surface area (Å²) in [7, 11) is 0. The van der Waals surface area contributed by atoms with E-state index in [0.29, 0.717) is 13.2 Å². The fraction of sp³-hybridized carbons (Fsp3) is 0.250. The van der Waals surface area contributed by atoms with Crippen molar-refractivity contribution in [2.24, 2.45) is 0 Å². The molecule has 2 rings (SSSR count). The summed E-state index contributed by atoms with van der Waals surface area (Å²) in [6, 6.07) is 14.2. The Morgan fingerprint density at radius 1 is 0.900 bits per heavy atom. The van der Waals surface area contributed by atoms with Crippen LogP contribution in [0.5, 0.6) is 5.75 Å². The van der Waals surface area contributed by atoms with Gasteiger partial charge in [0.2, 0.25) is 0 Å². The summed E-state index contributed by atoms with van der Waals surface area (Å²) in [5.74, 6) is 0.536. The van der Waals surface area contributed by atoms with Crippen LogP contribution in [0.25, 0.3) is 0 Å². The van der Waals surface area contributed by atoms with Crippen molar-refractivity contribution in [2.75, 3.05) is 13.2 Å². The molecule has 0 aliphatic carbocycles. The third-order valence-electron chi connectivity index (χ3n) is 2.85. The zero-order valence-electron chi connectivity index (χ0n) is 11.2. The van der Waals surface area contributed by atoms with Crippen LogP contribution < -0.4 is 10.1 Å². The van der Waals surface area contributed by atoms with Gasteiger partial charge in [-0.3, -0.25) is 0 Å². The summed E-state index contributed by atoms with van der Waals surface area (Å²) in [5, 5.41) is 12.0. The normalized spacial score (nSPS) is 10.5. The van der Waals surface area contributed by atoms with E-state index < -0.39 is 0 Å². The van der Waals surface area contributed by atoms with Crippen LogP contribution in [0.1, 0.15) is 11.1 Å². The molecule has 0 radical (unpaired) electrons. The maximum absolute atomic E-state index is 12.8. The first-order valence-electron chi connectivity index (χ1n) is 6.55. The molecule has 0 fully saturated rings. The molecular formula is C16H18FNO2. The molecule has 0 aliphatic heterocycles. The van der Waals surface area contributed by atoms with Gasteiger partial charge in [0.05, 0.1) is 6.61 Å². The molecule has 0 saturated carbocycles. The Morgan fingerprint density at radius 2 is 1.45 bits per heavy atom. The summed E-state index contributed by atoms with van der Waals surface area (Å²) < 4.78 is 18.0. The van der Waals surface area contributed by atoms with E-state index in [1.54, 1.807) is 12.1 Å². The quantitative estimate of drug-likeness (QED) is 0.815. The van der Waals surface area contributed by atoms with Crippen LogP contribution >= 0.6 is 0 Å². The van der Waals surface area contributed by atoms with Crippen LogP contribution in [0.15, 0.2) is 48.5 Å². The number of benzene rings is 2. The van der Waals surface area contributed by atoms with E-state index in [1.165, 1.54) is 12.1 Å². The van der Waals surface area contributed by atoms with Gasteiger partial charge in [-0.15, -0.1) is 0 Å². The van der Waals surface area contributed by atoms with Gasteiger partial charge in [0.1, 0.15) is 18.2 Å². The van der Waals surface area contributed by atoms with Crippen LogP contribution in [0.3, 0.4) is 0 Å². The molecule has 0 aromatic heterocycles. The molecule has 3 nitrogen and oxygen atoms in total. The minimum absolute atomic E-state index is 0.0149. The molecule has 0 aliphatic rings. The third kappa shape index (κ3) is 4.64. The topological polar surface area (TPSA) is 41.5 Å². The van der Waals surface area contributed by atoms with E-state index in [1.807, 2.05) is 24.3 Å². The van der Waals surface area contributed by atoms with E-state index in [2.05, 4.69) is 5.32 Å². The van der Waals surface area contributed by atoms with Gasteiger partial charge in [0, 0.05) is 13.1 Å². The molecule has 0 heterocycles. The highest BCUT2D eigenvalue weighted by Crippen LogP contribution is 2.12. The minimum atomic E-state index is -0.216. The van der Waals surface area contributed by atoms with Crippen LogP contribution in [0.4, 0.5) is 4.39 Å². The summed E-state index contributed by atoms with van der Waals surface area (Å²) in [6.07, 6.45) is 0. The highest BCUT2D eigenvalue weighted by atomic mass is 19.1. The first-order chi connectivity index (χ1) is 9.78. The largest absolute Gasteiger partial charge is 0.491 e. The van der Waals surface area contributed by atoms with Crippen molar-refractivity contribution in [3.8, 4) is 5.75 Å². The van der Waals surface area contributed by atoms with Crippen LogP contribution in [0, 0.1) is 5.82 Å². The van der Waals surface area contributed by atoms with Gasteiger partial charge < -0.3 is 15.2 Å². The second-order valence-corrected chi connectivity index (χ2v) is 4.45. The standard InChI is InChI=1S/C16H18FNO2/c17-15-5-1-13(2-6-15)11-18-12-14-3-7-16(8-4-14)20-10-9-19/h1-8,18-19H,9-12H2. The smallest absolute Gasteiger partial charge is 0.123 e. The molecule has 0 saturated heterocycles. The molecule has 0 spiro atoms. The minimum Gasteiger partial charge on any atom is -0.491 e. The molecule has 0 atom stereocenters. The van der Waals surface area contributed by atoms with Crippen molar-refractivity contribution in [2.45, 2.75) is 13.1 Å². The van der Waals surface area contributed by atoms with Crippen molar-refractivity contribution in [1.29, 1.82) is 0 Å². The Morgan fingerprint density at radius 3 is 2.00 bits per heavy atom. The lowest BCUT2D eigenvalue weighted by Crippen LogP contribution is -2.12. The van der Waals surface area contributed by atoms with Gasteiger partial charge in [0.25, 0.3) is 0 Å². The van der Waals surface area contributed by atoms with E-state index in [9.17, 15) is 4.39 Å². The predicted octanol–water partition coefficient (Wildman–Crippen LogP) is 2.49. The summed E-state index contributed by atoms with van der Waals surface area (Å²) in [6.45, 7) is 1.75. The molecule has 106 valence electrons. The van der Waals surface area contributed by atoms with Crippen LogP contribution in [-0.2, 0) is 13.1 Å². The Hall–Kier alpha value is -1.91. The second kappa shape index (κ2) is 7.62. The first-order valence-corrected chi connectivity index (χ1v) is 6.55. The number of aliphatic hydroxyl groups excluding tert-OH is 1. The predicted molar refractivity (Wildman–Crippen MR) is 76.0 cm³/mol. The van der Waals surface area contributed by atoms with Gasteiger partial charge in [-0.1, -0.05) is 24.3 Å². The summed E-state index contributed by atoms with van der Waals surface area (Å²) >= 11 is 0. The van der Waals surface area contributed by atoms with Gasteiger partial charge in [-0.2, -0.15) is 0 Å². The Bertz CT molecular complexity index is 511. The van der Waals surface area contributed by atoms with Gasteiger partial charge in [-0.25, -0.2) is 4.39 Å². The number of aliphatic hydroxyl groups is 1.